The third kappa shape index (κ3) is 1.72. The second kappa shape index (κ2) is 3.84. The maximum absolute atomic E-state index is 5.93. The number of rotatable bonds is 1. The second-order valence-corrected chi connectivity index (χ2v) is 4.54. The Hall–Kier alpha value is -2.36. The topological polar surface area (TPSA) is 56.2 Å². The van der Waals surface area contributed by atoms with Crippen LogP contribution in [0.5, 0.6) is 0 Å². The summed E-state index contributed by atoms with van der Waals surface area (Å²) in [6, 6.07) is 5.98. The van der Waals surface area contributed by atoms with Gasteiger partial charge < -0.3 is 5.73 Å². The van der Waals surface area contributed by atoms with Crippen molar-refractivity contribution in [2.75, 3.05) is 5.73 Å². The first-order valence-corrected chi connectivity index (χ1v) is 5.81. The van der Waals surface area contributed by atoms with Crippen LogP contribution in [0.4, 0.5) is 5.69 Å². The van der Waals surface area contributed by atoms with E-state index in [-0.39, 0.29) is 0 Å². The minimum absolute atomic E-state index is 0.703. The minimum Gasteiger partial charge on any atom is -0.398 e. The van der Waals surface area contributed by atoms with Gasteiger partial charge in [-0.1, -0.05) is 12.1 Å². The van der Waals surface area contributed by atoms with Crippen molar-refractivity contribution in [3.63, 3.8) is 0 Å². The number of benzene rings is 1. The summed E-state index contributed by atoms with van der Waals surface area (Å²) in [5, 5.41) is 0. The molecule has 1 aromatic carbocycles. The molecule has 0 bridgehead atoms. The third-order valence-electron chi connectivity index (χ3n) is 3.01. The van der Waals surface area contributed by atoms with Crippen molar-refractivity contribution in [3.8, 4) is 11.3 Å². The molecule has 2 heterocycles. The molecule has 0 saturated heterocycles. The maximum atomic E-state index is 5.93. The summed E-state index contributed by atoms with van der Waals surface area (Å²) in [5.74, 6) is 0.703. The average molecular weight is 238 g/mol. The van der Waals surface area contributed by atoms with Crippen LogP contribution in [0.25, 0.3) is 17.0 Å². The van der Waals surface area contributed by atoms with Crippen molar-refractivity contribution in [1.29, 1.82) is 0 Å². The van der Waals surface area contributed by atoms with Gasteiger partial charge in [0, 0.05) is 29.8 Å². The molecule has 4 nitrogen and oxygen atoms in total. The molecule has 0 radical (unpaired) electrons. The number of nitrogen functional groups attached to an aromatic ring is 1. The minimum atomic E-state index is 0.703. The molecule has 90 valence electrons. The predicted octanol–water partition coefficient (Wildman–Crippen LogP) is 2.60. The molecule has 2 N–H and O–H groups in total. The highest BCUT2D eigenvalue weighted by Gasteiger charge is 2.06. The van der Waals surface area contributed by atoms with Gasteiger partial charge in [-0.15, -0.1) is 0 Å². The fourth-order valence-corrected chi connectivity index (χ4v) is 1.93. The number of imidazole rings is 1. The van der Waals surface area contributed by atoms with Crippen molar-refractivity contribution in [1.82, 2.24) is 14.4 Å². The molecule has 0 aliphatic rings. The number of aryl methyl sites for hydroxylation is 2. The Labute approximate surface area is 105 Å². The van der Waals surface area contributed by atoms with Gasteiger partial charge >= 0.3 is 0 Å². The summed E-state index contributed by atoms with van der Waals surface area (Å²) >= 11 is 0. The van der Waals surface area contributed by atoms with E-state index in [0.29, 0.717) is 5.78 Å². The Balaban J connectivity index is 2.16. The molecule has 0 atom stereocenters. The zero-order chi connectivity index (χ0) is 12.7. The van der Waals surface area contributed by atoms with Gasteiger partial charge in [0.15, 0.2) is 0 Å². The number of anilines is 1. The molecule has 0 amide bonds. The number of fused-ring (bicyclic) bond motifs is 1. The lowest BCUT2D eigenvalue weighted by Crippen LogP contribution is -1.89. The normalized spacial score (nSPS) is 11.0. The van der Waals surface area contributed by atoms with E-state index in [0.717, 1.165) is 28.1 Å². The number of hydrogen-bond acceptors (Lipinski definition) is 3. The lowest BCUT2D eigenvalue weighted by atomic mass is 10.1. The SMILES string of the molecule is Cc1cnc2nc(-c3ccc(C)c(N)c3)cn2c1. The standard InChI is InChI=1S/C14H14N4/c1-9-6-16-14-17-13(8-18(14)7-9)11-4-3-10(2)12(15)5-11/h3-8H,15H2,1-2H3. The Morgan fingerprint density at radius 1 is 1.17 bits per heavy atom. The Morgan fingerprint density at radius 2 is 2.00 bits per heavy atom. The van der Waals surface area contributed by atoms with Crippen LogP contribution in [0.15, 0.2) is 36.8 Å². The Morgan fingerprint density at radius 3 is 2.78 bits per heavy atom. The molecule has 0 fully saturated rings. The summed E-state index contributed by atoms with van der Waals surface area (Å²) < 4.78 is 1.93. The summed E-state index contributed by atoms with van der Waals surface area (Å²) in [6.45, 7) is 4.00. The monoisotopic (exact) mass is 238 g/mol. The zero-order valence-corrected chi connectivity index (χ0v) is 10.4. The van der Waals surface area contributed by atoms with Gasteiger partial charge in [-0.25, -0.2) is 9.97 Å². The van der Waals surface area contributed by atoms with Crippen LogP contribution in [0.1, 0.15) is 11.1 Å². The van der Waals surface area contributed by atoms with Crippen LogP contribution >= 0.6 is 0 Å². The van der Waals surface area contributed by atoms with Crippen LogP contribution in [0.3, 0.4) is 0 Å². The Bertz CT molecular complexity index is 728. The molecule has 0 spiro atoms. The number of nitrogens with two attached hydrogens (primary N) is 1. The lowest BCUT2D eigenvalue weighted by Gasteiger charge is -2.01. The lowest BCUT2D eigenvalue weighted by molar-refractivity contribution is 1.08. The molecular weight excluding hydrogens is 224 g/mol. The molecule has 3 aromatic rings. The summed E-state index contributed by atoms with van der Waals surface area (Å²) in [7, 11) is 0. The number of nitrogens with zero attached hydrogens (tertiary/aromatic N) is 3. The van der Waals surface area contributed by atoms with Gasteiger partial charge in [0.2, 0.25) is 5.78 Å². The predicted molar refractivity (Wildman–Crippen MR) is 72.3 cm³/mol. The van der Waals surface area contributed by atoms with Crippen molar-refractivity contribution >= 4 is 11.5 Å². The molecule has 0 aliphatic carbocycles. The van der Waals surface area contributed by atoms with Crippen molar-refractivity contribution < 1.29 is 0 Å². The van der Waals surface area contributed by atoms with E-state index in [1.165, 1.54) is 0 Å². The van der Waals surface area contributed by atoms with E-state index in [1.54, 1.807) is 0 Å². The van der Waals surface area contributed by atoms with Gasteiger partial charge in [0.1, 0.15) is 0 Å². The van der Waals surface area contributed by atoms with Gasteiger partial charge in [-0.3, -0.25) is 4.40 Å². The highest BCUT2D eigenvalue weighted by atomic mass is 15.1. The van der Waals surface area contributed by atoms with Crippen molar-refractivity contribution in [2.45, 2.75) is 13.8 Å². The van der Waals surface area contributed by atoms with Crippen molar-refractivity contribution in [2.24, 2.45) is 0 Å². The van der Waals surface area contributed by atoms with E-state index >= 15 is 0 Å². The summed E-state index contributed by atoms with van der Waals surface area (Å²) in [5.41, 5.74) is 10.8. The van der Waals surface area contributed by atoms with Gasteiger partial charge in [0.05, 0.1) is 5.69 Å². The van der Waals surface area contributed by atoms with Gasteiger partial charge in [-0.2, -0.15) is 0 Å². The third-order valence-corrected chi connectivity index (χ3v) is 3.01. The first kappa shape index (κ1) is 10.8. The molecule has 3 rings (SSSR count). The quantitative estimate of drug-likeness (QED) is 0.663. The van der Waals surface area contributed by atoms with E-state index in [4.69, 9.17) is 5.73 Å². The van der Waals surface area contributed by atoms with Crippen LogP contribution < -0.4 is 5.73 Å². The molecule has 4 heteroatoms. The van der Waals surface area contributed by atoms with Crippen LogP contribution in [0, 0.1) is 13.8 Å². The van der Waals surface area contributed by atoms with E-state index in [2.05, 4.69) is 9.97 Å². The van der Waals surface area contributed by atoms with Crippen LogP contribution in [0.2, 0.25) is 0 Å². The first-order chi connectivity index (χ1) is 8.63. The van der Waals surface area contributed by atoms with Gasteiger partial charge in [0.25, 0.3) is 0 Å². The highest BCUT2D eigenvalue weighted by molar-refractivity contribution is 5.67. The summed E-state index contributed by atoms with van der Waals surface area (Å²) in [4.78, 5) is 8.78. The maximum Gasteiger partial charge on any atom is 0.234 e. The van der Waals surface area contributed by atoms with E-state index < -0.39 is 0 Å². The van der Waals surface area contributed by atoms with Crippen LogP contribution in [-0.2, 0) is 0 Å². The van der Waals surface area contributed by atoms with E-state index in [9.17, 15) is 0 Å². The molecular formula is C14H14N4. The number of aromatic nitrogens is 3. The van der Waals surface area contributed by atoms with E-state index in [1.807, 2.05) is 55.0 Å². The first-order valence-electron chi connectivity index (χ1n) is 5.81. The molecule has 0 saturated carbocycles. The molecule has 2 aromatic heterocycles. The molecule has 18 heavy (non-hydrogen) atoms. The average Bonchev–Trinajstić information content (AvgIpc) is 2.75. The fourth-order valence-electron chi connectivity index (χ4n) is 1.93. The highest BCUT2D eigenvalue weighted by Crippen LogP contribution is 2.23. The molecule has 0 aliphatic heterocycles. The zero-order valence-electron chi connectivity index (χ0n) is 10.4. The fraction of sp³-hybridized carbons (Fsp3) is 0.143. The largest absolute Gasteiger partial charge is 0.398 e. The van der Waals surface area contributed by atoms with Crippen molar-refractivity contribution in [3.05, 3.63) is 47.9 Å². The number of hydrogen-bond donors (Lipinski definition) is 1. The van der Waals surface area contributed by atoms with Crippen LogP contribution in [-0.4, -0.2) is 14.4 Å². The second-order valence-electron chi connectivity index (χ2n) is 4.54. The Kier molecular flexibility index (Phi) is 2.30. The van der Waals surface area contributed by atoms with Gasteiger partial charge in [-0.05, 0) is 31.0 Å². The molecule has 0 unspecified atom stereocenters. The summed E-state index contributed by atoms with van der Waals surface area (Å²) in [6.07, 6.45) is 5.80. The smallest absolute Gasteiger partial charge is 0.234 e.